The first-order valence-corrected chi connectivity index (χ1v) is 11.1. The Morgan fingerprint density at radius 3 is 2.53 bits per heavy atom. The number of aromatic nitrogens is 1. The van der Waals surface area contributed by atoms with Gasteiger partial charge >= 0.3 is 0 Å². The Hall–Kier alpha value is -2.13. The van der Waals surface area contributed by atoms with Gasteiger partial charge in [-0.2, -0.15) is 0 Å². The fourth-order valence-electron chi connectivity index (χ4n) is 2.80. The first-order chi connectivity index (χ1) is 14.1. The Morgan fingerprint density at radius 1 is 1.13 bits per heavy atom. The average molecular weight is 520 g/mol. The van der Waals surface area contributed by atoms with Gasteiger partial charge in [-0.05, 0) is 42.8 Å². The summed E-state index contributed by atoms with van der Waals surface area (Å²) in [4.78, 5) is 17.8. The number of rotatable bonds is 7. The van der Waals surface area contributed by atoms with E-state index in [2.05, 4.69) is 22.9 Å². The fourth-order valence-corrected chi connectivity index (χ4v) is 4.60. The largest absolute Gasteiger partial charge is 0.489 e. The molecule has 0 bridgehead atoms. The molecule has 4 aromatic rings. The molecule has 0 spiro atoms. The smallest absolute Gasteiger partial charge is 0.226 e. The molecule has 0 aliphatic heterocycles. The maximum absolute atomic E-state index is 11.5. The van der Waals surface area contributed by atoms with E-state index in [4.69, 9.17) is 4.74 Å². The van der Waals surface area contributed by atoms with Crippen LogP contribution in [0.25, 0.3) is 11.3 Å². The number of benzene rings is 2. The van der Waals surface area contributed by atoms with E-state index >= 15 is 0 Å². The molecule has 1 N–H and O–H groups in total. The number of anilines is 2. The summed E-state index contributed by atoms with van der Waals surface area (Å²) in [5.74, 6) is 0.817. The van der Waals surface area contributed by atoms with Crippen LogP contribution in [0.2, 0.25) is 0 Å². The maximum atomic E-state index is 11.5. The van der Waals surface area contributed by atoms with Gasteiger partial charge in [-0.25, -0.2) is 4.98 Å². The minimum absolute atomic E-state index is 0. The van der Waals surface area contributed by atoms with Crippen molar-refractivity contribution < 1.29 is 9.53 Å². The summed E-state index contributed by atoms with van der Waals surface area (Å²) in [6, 6.07) is 19.7. The third kappa shape index (κ3) is 5.51. The van der Waals surface area contributed by atoms with Crippen LogP contribution in [0.4, 0.5) is 10.8 Å². The van der Waals surface area contributed by atoms with E-state index in [1.165, 1.54) is 22.7 Å². The van der Waals surface area contributed by atoms with Gasteiger partial charge in [0.25, 0.3) is 0 Å². The molecule has 30 heavy (non-hydrogen) atoms. The van der Waals surface area contributed by atoms with Gasteiger partial charge in [0, 0.05) is 21.5 Å². The lowest BCUT2D eigenvalue weighted by molar-refractivity contribution is 0.109. The van der Waals surface area contributed by atoms with Gasteiger partial charge in [0.15, 0.2) is 5.13 Å². The second kappa shape index (κ2) is 10.3. The lowest BCUT2D eigenvalue weighted by atomic mass is 10.2. The van der Waals surface area contributed by atoms with Gasteiger partial charge in [-0.3, -0.25) is 4.79 Å². The van der Waals surface area contributed by atoms with Gasteiger partial charge in [-0.15, -0.1) is 39.7 Å². The summed E-state index contributed by atoms with van der Waals surface area (Å²) in [5.41, 5.74) is 3.90. The summed E-state index contributed by atoms with van der Waals surface area (Å²) in [6.45, 7) is 2.53. The molecule has 0 atom stereocenters. The van der Waals surface area contributed by atoms with Crippen molar-refractivity contribution in [2.45, 2.75) is 13.5 Å². The number of aryl methyl sites for hydroxylation is 1. The average Bonchev–Trinajstić information content (AvgIpc) is 3.35. The zero-order chi connectivity index (χ0) is 20.2. The number of thiophene rings is 1. The molecule has 0 saturated carbocycles. The molecule has 0 aliphatic rings. The highest BCUT2D eigenvalue weighted by Gasteiger charge is 2.14. The number of nitrogens with zero attached hydrogens (tertiary/aromatic N) is 1. The van der Waals surface area contributed by atoms with Crippen molar-refractivity contribution in [2.75, 3.05) is 5.32 Å². The SMILES string of the molecule is Br.Cc1sc(C(=O)S)cc1-c1csc(Nc2ccc(OCc3ccccc3)cc2)n1. The molecule has 0 fully saturated rings. The van der Waals surface area contributed by atoms with E-state index in [1.54, 1.807) is 0 Å². The zero-order valence-electron chi connectivity index (χ0n) is 16.0. The number of hydrogen-bond donors (Lipinski definition) is 2. The van der Waals surface area contributed by atoms with Gasteiger partial charge in [0.1, 0.15) is 12.4 Å². The molecule has 2 heterocycles. The molecule has 0 aliphatic carbocycles. The quantitative estimate of drug-likeness (QED) is 0.255. The van der Waals surface area contributed by atoms with Crippen molar-refractivity contribution in [3.63, 3.8) is 0 Å². The summed E-state index contributed by atoms with van der Waals surface area (Å²) < 4.78 is 5.82. The molecule has 154 valence electrons. The number of thiol groups is 1. The Labute approximate surface area is 199 Å². The van der Waals surface area contributed by atoms with Crippen LogP contribution in [0.3, 0.4) is 0 Å². The van der Waals surface area contributed by atoms with E-state index in [0.717, 1.165) is 38.3 Å². The highest BCUT2D eigenvalue weighted by atomic mass is 79.9. The van der Waals surface area contributed by atoms with E-state index in [1.807, 2.05) is 73.0 Å². The monoisotopic (exact) mass is 518 g/mol. The molecule has 4 rings (SSSR count). The van der Waals surface area contributed by atoms with Gasteiger partial charge in [0.2, 0.25) is 5.12 Å². The van der Waals surface area contributed by atoms with E-state index < -0.39 is 0 Å². The normalized spacial score (nSPS) is 10.3. The molecule has 0 unspecified atom stereocenters. The number of hydrogen-bond acceptors (Lipinski definition) is 6. The summed E-state index contributed by atoms with van der Waals surface area (Å²) in [6.07, 6.45) is 0. The third-order valence-corrected chi connectivity index (χ3v) is 6.46. The molecule has 8 heteroatoms. The summed E-state index contributed by atoms with van der Waals surface area (Å²) in [7, 11) is 0. The topological polar surface area (TPSA) is 51.2 Å². The first-order valence-electron chi connectivity index (χ1n) is 8.92. The van der Waals surface area contributed by atoms with E-state index in [-0.39, 0.29) is 22.1 Å². The number of carbonyl (C=O) groups excluding carboxylic acids is 1. The zero-order valence-corrected chi connectivity index (χ0v) is 20.2. The van der Waals surface area contributed by atoms with Gasteiger partial charge in [0.05, 0.1) is 10.6 Å². The highest BCUT2D eigenvalue weighted by Crippen LogP contribution is 2.34. The lowest BCUT2D eigenvalue weighted by Crippen LogP contribution is -1.95. The van der Waals surface area contributed by atoms with Crippen LogP contribution in [-0.2, 0) is 6.61 Å². The standard InChI is InChI=1S/C22H18N2O2S3.BrH/c1-14-18(11-20(29-14)21(25)27)19-13-28-22(24-19)23-16-7-9-17(10-8-16)26-12-15-5-3-2-4-6-15;/h2-11,13H,12H2,1H3,(H,23,24)(H,25,27);1H. The molecule has 2 aromatic carbocycles. The Kier molecular flexibility index (Phi) is 7.71. The molecule has 2 aromatic heterocycles. The number of halogens is 1. The highest BCUT2D eigenvalue weighted by molar-refractivity contribution is 8.93. The fraction of sp³-hybridized carbons (Fsp3) is 0.0909. The van der Waals surface area contributed by atoms with Crippen LogP contribution in [0.5, 0.6) is 5.75 Å². The predicted molar refractivity (Wildman–Crippen MR) is 134 cm³/mol. The van der Waals surface area contributed by atoms with Crippen LogP contribution < -0.4 is 10.1 Å². The molecular formula is C22H19BrN2O2S3. The maximum Gasteiger partial charge on any atom is 0.226 e. The number of carbonyl (C=O) groups is 1. The van der Waals surface area contributed by atoms with Crippen LogP contribution in [0.1, 0.15) is 20.1 Å². The van der Waals surface area contributed by atoms with Crippen molar-refractivity contribution in [3.8, 4) is 17.0 Å². The Balaban J connectivity index is 0.00000256. The molecule has 0 amide bonds. The second-order valence-electron chi connectivity index (χ2n) is 6.35. The van der Waals surface area contributed by atoms with Crippen molar-refractivity contribution in [2.24, 2.45) is 0 Å². The second-order valence-corrected chi connectivity index (χ2v) is 8.87. The van der Waals surface area contributed by atoms with E-state index in [0.29, 0.717) is 11.5 Å². The molecule has 4 nitrogen and oxygen atoms in total. The Morgan fingerprint density at radius 2 is 1.87 bits per heavy atom. The number of nitrogens with one attached hydrogen (secondary N) is 1. The van der Waals surface area contributed by atoms with Crippen molar-refractivity contribution >= 4 is 68.2 Å². The Bertz CT molecular complexity index is 1130. The third-order valence-electron chi connectivity index (χ3n) is 4.26. The summed E-state index contributed by atoms with van der Waals surface area (Å²) in [5, 5.41) is 5.88. The van der Waals surface area contributed by atoms with Crippen LogP contribution >= 0.6 is 52.3 Å². The molecule has 0 radical (unpaired) electrons. The van der Waals surface area contributed by atoms with Gasteiger partial charge in [-0.1, -0.05) is 43.0 Å². The predicted octanol–water partition coefficient (Wildman–Crippen LogP) is 7.15. The molecular weight excluding hydrogens is 500 g/mol. The number of ether oxygens (including phenoxy) is 1. The van der Waals surface area contributed by atoms with E-state index in [9.17, 15) is 4.79 Å². The minimum Gasteiger partial charge on any atom is -0.489 e. The minimum atomic E-state index is -0.215. The first kappa shape index (κ1) is 22.6. The summed E-state index contributed by atoms with van der Waals surface area (Å²) >= 11 is 6.87. The van der Waals surface area contributed by atoms with Crippen LogP contribution in [-0.4, -0.2) is 10.1 Å². The molecule has 0 saturated heterocycles. The van der Waals surface area contributed by atoms with Gasteiger partial charge < -0.3 is 10.1 Å². The van der Waals surface area contributed by atoms with Crippen LogP contribution in [0, 0.1) is 6.92 Å². The van der Waals surface area contributed by atoms with Crippen molar-refractivity contribution in [3.05, 3.63) is 81.4 Å². The lowest BCUT2D eigenvalue weighted by Gasteiger charge is -2.08. The van der Waals surface area contributed by atoms with Crippen molar-refractivity contribution in [1.82, 2.24) is 4.98 Å². The van der Waals surface area contributed by atoms with Crippen molar-refractivity contribution in [1.29, 1.82) is 0 Å². The van der Waals surface area contributed by atoms with Crippen LogP contribution in [0.15, 0.2) is 66.0 Å². The number of thiazole rings is 1.